The highest BCUT2D eigenvalue weighted by Gasteiger charge is 2.29. The van der Waals surface area contributed by atoms with Crippen LogP contribution in [0.1, 0.15) is 0 Å². The van der Waals surface area contributed by atoms with Crippen LogP contribution in [0.5, 0.6) is 0 Å². The van der Waals surface area contributed by atoms with Gasteiger partial charge in [0, 0.05) is 16.7 Å². The van der Waals surface area contributed by atoms with Gasteiger partial charge in [-0.1, -0.05) is 12.1 Å². The number of aromatic nitrogens is 2. The van der Waals surface area contributed by atoms with Gasteiger partial charge >= 0.3 is 5.51 Å². The third kappa shape index (κ3) is 3.96. The van der Waals surface area contributed by atoms with E-state index < -0.39 is 5.51 Å². The molecule has 19 heavy (non-hydrogen) atoms. The molecule has 0 spiro atoms. The maximum atomic E-state index is 12.2. The van der Waals surface area contributed by atoms with Gasteiger partial charge in [-0.25, -0.2) is 4.98 Å². The van der Waals surface area contributed by atoms with Gasteiger partial charge in [0.25, 0.3) is 5.56 Å². The zero-order chi connectivity index (χ0) is 14.0. The topological polar surface area (TPSA) is 45.8 Å². The first kappa shape index (κ1) is 14.4. The van der Waals surface area contributed by atoms with Gasteiger partial charge in [0.1, 0.15) is 5.82 Å². The van der Waals surface area contributed by atoms with Gasteiger partial charge in [-0.15, -0.1) is 0 Å². The molecule has 8 heteroatoms. The maximum absolute atomic E-state index is 12.2. The number of alkyl halides is 3. The van der Waals surface area contributed by atoms with Gasteiger partial charge in [-0.05, 0) is 46.5 Å². The second kappa shape index (κ2) is 5.53. The summed E-state index contributed by atoms with van der Waals surface area (Å²) in [7, 11) is 0. The Bertz CT molecular complexity index is 640. The van der Waals surface area contributed by atoms with Crippen LogP contribution in [-0.4, -0.2) is 15.5 Å². The number of rotatable bonds is 2. The van der Waals surface area contributed by atoms with Crippen molar-refractivity contribution in [1.82, 2.24) is 9.97 Å². The summed E-state index contributed by atoms with van der Waals surface area (Å²) in [6, 6.07) is 5.65. The summed E-state index contributed by atoms with van der Waals surface area (Å²) in [6.07, 6.45) is 1.41. The van der Waals surface area contributed by atoms with Crippen LogP contribution < -0.4 is 5.56 Å². The Labute approximate surface area is 123 Å². The van der Waals surface area contributed by atoms with Crippen LogP contribution in [0.25, 0.3) is 11.4 Å². The average molecular weight is 398 g/mol. The zero-order valence-electron chi connectivity index (χ0n) is 9.16. The van der Waals surface area contributed by atoms with E-state index in [4.69, 9.17) is 0 Å². The van der Waals surface area contributed by atoms with E-state index in [0.29, 0.717) is 15.0 Å². The summed E-state index contributed by atoms with van der Waals surface area (Å²) < 4.78 is 36.9. The first-order valence-corrected chi connectivity index (χ1v) is 6.86. The van der Waals surface area contributed by atoms with Crippen LogP contribution in [0.4, 0.5) is 13.2 Å². The fourth-order valence-electron chi connectivity index (χ4n) is 1.34. The molecule has 100 valence electrons. The fourth-order valence-corrected chi connectivity index (χ4v) is 2.15. The quantitative estimate of drug-likeness (QED) is 0.621. The summed E-state index contributed by atoms with van der Waals surface area (Å²) in [5.41, 5.74) is -4.03. The van der Waals surface area contributed by atoms with E-state index in [2.05, 4.69) is 9.97 Å². The Morgan fingerprint density at radius 1 is 1.21 bits per heavy atom. The van der Waals surface area contributed by atoms with E-state index in [0.717, 1.165) is 0 Å². The first-order valence-electron chi connectivity index (χ1n) is 4.96. The molecule has 0 atom stereocenters. The summed E-state index contributed by atoms with van der Waals surface area (Å²) in [6.45, 7) is 0. The van der Waals surface area contributed by atoms with Crippen molar-refractivity contribution in [2.45, 2.75) is 10.4 Å². The van der Waals surface area contributed by atoms with E-state index in [-0.39, 0.29) is 22.2 Å². The molecule has 0 amide bonds. The van der Waals surface area contributed by atoms with Gasteiger partial charge in [-0.3, -0.25) is 4.79 Å². The molecule has 1 aromatic carbocycles. The second-order valence-corrected chi connectivity index (χ2v) is 5.78. The minimum absolute atomic E-state index is 0.0871. The van der Waals surface area contributed by atoms with Crippen molar-refractivity contribution in [1.29, 1.82) is 0 Å². The highest BCUT2D eigenvalue weighted by Crippen LogP contribution is 2.37. The SMILES string of the molecule is O=c1[nH]c(-c2ccc(SC(F)(F)F)cc2)ncc1I. The molecule has 0 saturated carbocycles. The fraction of sp³-hybridized carbons (Fsp3) is 0.0909. The monoisotopic (exact) mass is 398 g/mol. The van der Waals surface area contributed by atoms with Gasteiger partial charge in [-0.2, -0.15) is 13.2 Å². The number of H-pyrrole nitrogens is 1. The van der Waals surface area contributed by atoms with Crippen molar-refractivity contribution in [2.24, 2.45) is 0 Å². The molecule has 0 radical (unpaired) electrons. The van der Waals surface area contributed by atoms with Crippen LogP contribution in [-0.2, 0) is 0 Å². The summed E-state index contributed by atoms with van der Waals surface area (Å²) in [4.78, 5) is 18.1. The van der Waals surface area contributed by atoms with E-state index in [9.17, 15) is 18.0 Å². The van der Waals surface area contributed by atoms with Crippen LogP contribution in [0, 0.1) is 3.57 Å². The summed E-state index contributed by atoms with van der Waals surface area (Å²) in [5.74, 6) is 0.328. The number of hydrogen-bond donors (Lipinski definition) is 1. The zero-order valence-corrected chi connectivity index (χ0v) is 12.1. The van der Waals surface area contributed by atoms with Gasteiger partial charge in [0.05, 0.1) is 3.57 Å². The number of thioether (sulfide) groups is 1. The molecule has 1 aromatic heterocycles. The van der Waals surface area contributed by atoms with Crippen molar-refractivity contribution < 1.29 is 13.2 Å². The molecule has 0 aliphatic carbocycles. The molecule has 2 aromatic rings. The molecule has 0 aliphatic rings. The molecule has 2 rings (SSSR count). The lowest BCUT2D eigenvalue weighted by Gasteiger charge is -2.06. The number of nitrogens with one attached hydrogen (secondary N) is 1. The Morgan fingerprint density at radius 2 is 1.84 bits per heavy atom. The maximum Gasteiger partial charge on any atom is 0.446 e. The van der Waals surface area contributed by atoms with Gasteiger partial charge in [0.2, 0.25) is 0 Å². The molecule has 0 bridgehead atoms. The summed E-state index contributed by atoms with van der Waals surface area (Å²) >= 11 is 1.66. The van der Waals surface area contributed by atoms with E-state index in [1.807, 2.05) is 22.6 Å². The highest BCUT2D eigenvalue weighted by atomic mass is 127. The molecule has 0 aliphatic heterocycles. The van der Waals surface area contributed by atoms with Crippen LogP contribution in [0.15, 0.2) is 40.2 Å². The van der Waals surface area contributed by atoms with E-state index in [1.165, 1.54) is 30.5 Å². The smallest absolute Gasteiger partial charge is 0.306 e. The van der Waals surface area contributed by atoms with Gasteiger partial charge < -0.3 is 4.98 Å². The van der Waals surface area contributed by atoms with Crippen molar-refractivity contribution in [3.05, 3.63) is 44.4 Å². The van der Waals surface area contributed by atoms with E-state index >= 15 is 0 Å². The number of hydrogen-bond acceptors (Lipinski definition) is 3. The molecule has 3 nitrogen and oxygen atoms in total. The number of nitrogens with zero attached hydrogens (tertiary/aromatic N) is 1. The number of aromatic amines is 1. The van der Waals surface area contributed by atoms with Crippen molar-refractivity contribution >= 4 is 34.4 Å². The molecule has 0 unspecified atom stereocenters. The van der Waals surface area contributed by atoms with Gasteiger partial charge in [0.15, 0.2) is 0 Å². The largest absolute Gasteiger partial charge is 0.446 e. The molecule has 0 fully saturated rings. The minimum atomic E-state index is -4.31. The van der Waals surface area contributed by atoms with Crippen molar-refractivity contribution in [3.63, 3.8) is 0 Å². The molecule has 1 heterocycles. The second-order valence-electron chi connectivity index (χ2n) is 3.48. The molecular formula is C11H6F3IN2OS. The molecule has 0 saturated heterocycles. The van der Waals surface area contributed by atoms with Crippen molar-refractivity contribution in [3.8, 4) is 11.4 Å². The van der Waals surface area contributed by atoms with Crippen LogP contribution >= 0.6 is 34.4 Å². The Balaban J connectivity index is 2.27. The van der Waals surface area contributed by atoms with Crippen LogP contribution in [0.3, 0.4) is 0 Å². The lowest BCUT2D eigenvalue weighted by atomic mass is 10.2. The first-order chi connectivity index (χ1) is 8.85. The highest BCUT2D eigenvalue weighted by molar-refractivity contribution is 14.1. The third-order valence-electron chi connectivity index (χ3n) is 2.12. The Kier molecular flexibility index (Phi) is 4.19. The summed E-state index contributed by atoms with van der Waals surface area (Å²) in [5, 5.41) is 0. The predicted octanol–water partition coefficient (Wildman–Crippen LogP) is 3.65. The lowest BCUT2D eigenvalue weighted by molar-refractivity contribution is -0.0328. The number of halogens is 4. The van der Waals surface area contributed by atoms with Crippen LogP contribution in [0.2, 0.25) is 0 Å². The Morgan fingerprint density at radius 3 is 2.37 bits per heavy atom. The predicted molar refractivity (Wildman–Crippen MR) is 74.9 cm³/mol. The Hall–Kier alpha value is -1.03. The molecular weight excluding hydrogens is 392 g/mol. The number of benzene rings is 1. The van der Waals surface area contributed by atoms with E-state index in [1.54, 1.807) is 0 Å². The minimum Gasteiger partial charge on any atom is -0.306 e. The third-order valence-corrected chi connectivity index (χ3v) is 3.62. The van der Waals surface area contributed by atoms with Crippen molar-refractivity contribution in [2.75, 3.05) is 0 Å². The average Bonchev–Trinajstić information content (AvgIpc) is 2.32. The molecule has 1 N–H and O–H groups in total. The lowest BCUT2D eigenvalue weighted by Crippen LogP contribution is -2.11. The normalized spacial score (nSPS) is 11.6. The standard InChI is InChI=1S/C11H6F3IN2OS/c12-11(13,14)19-7-3-1-6(2-4-7)9-16-5-8(15)10(18)17-9/h1-5H,(H,16,17,18).